The smallest absolute Gasteiger partial charge is 0.330 e. The molecule has 4 amide bonds. The number of aliphatic carboxylic acids is 1. The number of amides is 4. The highest BCUT2D eigenvalue weighted by molar-refractivity contribution is 7.59. The van der Waals surface area contributed by atoms with Gasteiger partial charge in [0.05, 0.1) is 17.9 Å². The van der Waals surface area contributed by atoms with Crippen molar-refractivity contribution in [2.75, 3.05) is 31.6 Å². The number of nitrogens with zero attached hydrogens (tertiary/aromatic N) is 4. The summed E-state index contributed by atoms with van der Waals surface area (Å²) in [4.78, 5) is 45.6. The van der Waals surface area contributed by atoms with Gasteiger partial charge in [0, 0.05) is 26.7 Å². The van der Waals surface area contributed by atoms with Crippen LogP contribution < -0.4 is 4.90 Å². The summed E-state index contributed by atoms with van der Waals surface area (Å²) in [6, 6.07) is 22.8. The molecular weight excluding hydrogens is 500 g/mol. The highest BCUT2D eigenvalue weighted by Crippen LogP contribution is 2.37. The normalized spacial score (nSPS) is 16.0. The Hall–Kier alpha value is -4.24. The van der Waals surface area contributed by atoms with Crippen molar-refractivity contribution in [2.24, 2.45) is 0 Å². The molecule has 38 heavy (non-hydrogen) atoms. The second kappa shape index (κ2) is 11.4. The van der Waals surface area contributed by atoms with E-state index in [-0.39, 0.29) is 39.2 Å². The number of fused-ring (bicyclic) bond motifs is 2. The van der Waals surface area contributed by atoms with Gasteiger partial charge in [0.15, 0.2) is 0 Å². The van der Waals surface area contributed by atoms with Crippen molar-refractivity contribution >= 4 is 55.1 Å². The molecular formula is C29H30N4O4S. The molecule has 1 atom stereocenters. The molecule has 2 heterocycles. The van der Waals surface area contributed by atoms with Crippen LogP contribution in [0, 0.1) is 0 Å². The van der Waals surface area contributed by atoms with E-state index in [4.69, 9.17) is 0 Å². The molecule has 196 valence electrons. The Morgan fingerprint density at radius 3 is 1.97 bits per heavy atom. The molecule has 3 aromatic rings. The van der Waals surface area contributed by atoms with Gasteiger partial charge in [-0.1, -0.05) is 78.9 Å². The lowest BCUT2D eigenvalue weighted by Gasteiger charge is -2.42. The Bertz CT molecular complexity index is 1310. The number of benzene rings is 3. The summed E-state index contributed by atoms with van der Waals surface area (Å²) >= 11 is 0. The number of carboxylic acids is 1. The summed E-state index contributed by atoms with van der Waals surface area (Å²) in [6.45, 7) is 0.664. The fraction of sp³-hybridized carbons (Fsp3) is 0.207. The number of para-hydroxylation sites is 2. The summed E-state index contributed by atoms with van der Waals surface area (Å²) in [5.41, 5.74) is 4.05. The lowest BCUT2D eigenvalue weighted by atomic mass is 10.1. The first kappa shape index (κ1) is 26.8. The molecule has 0 spiro atoms. The zero-order chi connectivity index (χ0) is 25.9. The van der Waals surface area contributed by atoms with Crippen LogP contribution in [0.2, 0.25) is 0 Å². The Labute approximate surface area is 228 Å². The van der Waals surface area contributed by atoms with Gasteiger partial charge in [0.2, 0.25) is 0 Å². The number of carbonyl (C=O) groups is 3. The number of carboxylic acid groups (broad SMARTS) is 1. The lowest BCUT2D eigenvalue weighted by Crippen LogP contribution is -2.62. The lowest BCUT2D eigenvalue weighted by molar-refractivity contribution is -0.143. The molecule has 0 aliphatic carbocycles. The van der Waals surface area contributed by atoms with Gasteiger partial charge in [0.1, 0.15) is 6.04 Å². The predicted molar refractivity (Wildman–Crippen MR) is 153 cm³/mol. The first-order valence-corrected chi connectivity index (χ1v) is 12.2. The topological polar surface area (TPSA) is 84.4 Å². The maximum Gasteiger partial charge on any atom is 0.330 e. The van der Waals surface area contributed by atoms with E-state index in [0.29, 0.717) is 17.9 Å². The van der Waals surface area contributed by atoms with Gasteiger partial charge in [0.25, 0.3) is 0 Å². The molecule has 1 N–H and O–H groups in total. The summed E-state index contributed by atoms with van der Waals surface area (Å²) < 4.78 is 0. The summed E-state index contributed by atoms with van der Waals surface area (Å²) in [7, 11) is 1.70. The van der Waals surface area contributed by atoms with Crippen LogP contribution in [0.3, 0.4) is 0 Å². The molecule has 1 saturated heterocycles. The monoisotopic (exact) mass is 530 g/mol. The minimum Gasteiger partial charge on any atom is -0.480 e. The third-order valence-corrected chi connectivity index (χ3v) is 6.76. The number of hydrogen-bond donors (Lipinski definition) is 1. The standard InChI is InChI=1S/C29H28N4O4.H2S/c1-30(19-21-9-3-2-4-10-21)28(36)31-17-18-32(26(20-31)27(34)35)29(37)33-24-13-7-5-11-22(24)15-16-23-12-6-8-14-25(23)33;/h2-16,26H,17-20H2,1H3,(H,34,35);1H2/t26-;/m0./s1. The van der Waals surface area contributed by atoms with Crippen molar-refractivity contribution in [3.8, 4) is 0 Å². The Morgan fingerprint density at radius 1 is 0.842 bits per heavy atom. The quantitative estimate of drug-likeness (QED) is 0.524. The van der Waals surface area contributed by atoms with Crippen molar-refractivity contribution in [1.82, 2.24) is 14.7 Å². The maximum atomic E-state index is 14.0. The number of piperazine rings is 1. The van der Waals surface area contributed by atoms with Crippen LogP contribution in [0.25, 0.3) is 12.2 Å². The Kier molecular flexibility index (Phi) is 8.07. The van der Waals surface area contributed by atoms with Gasteiger partial charge >= 0.3 is 18.0 Å². The van der Waals surface area contributed by atoms with E-state index < -0.39 is 18.0 Å². The first-order valence-electron chi connectivity index (χ1n) is 12.2. The average Bonchev–Trinajstić information content (AvgIpc) is 3.09. The fourth-order valence-corrected chi connectivity index (χ4v) is 4.87. The molecule has 8 nitrogen and oxygen atoms in total. The van der Waals surface area contributed by atoms with Crippen molar-refractivity contribution in [3.63, 3.8) is 0 Å². The number of anilines is 2. The van der Waals surface area contributed by atoms with Crippen LogP contribution >= 0.6 is 13.5 Å². The second-order valence-corrected chi connectivity index (χ2v) is 9.19. The van der Waals surface area contributed by atoms with E-state index >= 15 is 0 Å². The van der Waals surface area contributed by atoms with Gasteiger partial charge in [-0.15, -0.1) is 0 Å². The van der Waals surface area contributed by atoms with E-state index in [2.05, 4.69) is 0 Å². The van der Waals surface area contributed by atoms with Crippen LogP contribution in [-0.2, 0) is 11.3 Å². The Morgan fingerprint density at radius 2 is 1.39 bits per heavy atom. The molecule has 3 aromatic carbocycles. The van der Waals surface area contributed by atoms with Gasteiger partial charge < -0.3 is 19.8 Å². The average molecular weight is 531 g/mol. The first-order chi connectivity index (χ1) is 17.9. The predicted octanol–water partition coefficient (Wildman–Crippen LogP) is 4.86. The molecule has 0 unspecified atom stereocenters. The number of hydrogen-bond acceptors (Lipinski definition) is 3. The van der Waals surface area contributed by atoms with E-state index in [0.717, 1.165) is 16.7 Å². The van der Waals surface area contributed by atoms with Crippen LogP contribution in [0.5, 0.6) is 0 Å². The van der Waals surface area contributed by atoms with Crippen LogP contribution in [-0.4, -0.2) is 70.6 Å². The van der Waals surface area contributed by atoms with E-state index in [1.165, 1.54) is 9.80 Å². The molecule has 0 radical (unpaired) electrons. The maximum absolute atomic E-state index is 14.0. The van der Waals surface area contributed by atoms with E-state index in [9.17, 15) is 19.5 Å². The van der Waals surface area contributed by atoms with Gasteiger partial charge in [-0.3, -0.25) is 4.90 Å². The third-order valence-electron chi connectivity index (χ3n) is 6.76. The summed E-state index contributed by atoms with van der Waals surface area (Å²) in [5.74, 6) is -1.15. The number of rotatable bonds is 3. The van der Waals surface area contributed by atoms with Crippen molar-refractivity contribution in [1.29, 1.82) is 0 Å². The molecule has 9 heteroatoms. The second-order valence-electron chi connectivity index (χ2n) is 9.19. The fourth-order valence-electron chi connectivity index (χ4n) is 4.87. The zero-order valence-electron chi connectivity index (χ0n) is 21.0. The Balaban J connectivity index is 0.00000336. The zero-order valence-corrected chi connectivity index (χ0v) is 22.0. The number of carbonyl (C=O) groups excluding carboxylic acids is 2. The molecule has 2 aliphatic heterocycles. The summed E-state index contributed by atoms with van der Waals surface area (Å²) in [6.07, 6.45) is 3.91. The van der Waals surface area contributed by atoms with Crippen molar-refractivity contribution in [3.05, 3.63) is 95.6 Å². The van der Waals surface area contributed by atoms with Crippen molar-refractivity contribution < 1.29 is 19.5 Å². The number of urea groups is 2. The van der Waals surface area contributed by atoms with E-state index in [1.54, 1.807) is 16.8 Å². The molecule has 5 rings (SSSR count). The molecule has 2 aliphatic rings. The van der Waals surface area contributed by atoms with E-state index in [1.807, 2.05) is 91.0 Å². The van der Waals surface area contributed by atoms with Crippen LogP contribution in [0.15, 0.2) is 78.9 Å². The van der Waals surface area contributed by atoms with Gasteiger partial charge in [-0.25, -0.2) is 14.4 Å². The van der Waals surface area contributed by atoms with Gasteiger partial charge in [-0.2, -0.15) is 13.5 Å². The minimum absolute atomic E-state index is 0. The van der Waals surface area contributed by atoms with Crippen molar-refractivity contribution in [2.45, 2.75) is 12.6 Å². The molecule has 0 saturated carbocycles. The minimum atomic E-state index is -1.18. The molecule has 0 bridgehead atoms. The third kappa shape index (κ3) is 5.24. The summed E-state index contributed by atoms with van der Waals surface area (Å²) in [5, 5.41) is 10.1. The molecule has 0 aromatic heterocycles. The largest absolute Gasteiger partial charge is 0.480 e. The van der Waals surface area contributed by atoms with Crippen LogP contribution in [0.4, 0.5) is 21.0 Å². The highest BCUT2D eigenvalue weighted by atomic mass is 32.1. The van der Waals surface area contributed by atoms with Gasteiger partial charge in [-0.05, 0) is 28.8 Å². The van der Waals surface area contributed by atoms with Crippen LogP contribution in [0.1, 0.15) is 16.7 Å². The molecule has 1 fully saturated rings. The SMILES string of the molecule is CN(Cc1ccccc1)C(=O)N1CCN(C(=O)N2c3ccccc3C=Cc3ccccc32)[C@H](C(=O)O)C1.S. The highest BCUT2D eigenvalue weighted by Gasteiger charge is 2.40.